The number of carbonyl (C=O) groups excluding carboxylic acids is 3. The first kappa shape index (κ1) is 29.5. The zero-order valence-electron chi connectivity index (χ0n) is 21.1. The maximum absolute atomic E-state index is 13.1. The minimum absolute atomic E-state index is 0.141. The van der Waals surface area contributed by atoms with Crippen molar-refractivity contribution >= 4 is 23.7 Å². The lowest BCUT2D eigenvalue weighted by atomic mass is 10.0. The number of benzene rings is 2. The molecular weight excluding hydrogens is 474 g/mol. The minimum atomic E-state index is -1.16. The van der Waals surface area contributed by atoms with E-state index in [0.29, 0.717) is 25.8 Å². The first-order chi connectivity index (χ1) is 17.7. The van der Waals surface area contributed by atoms with Crippen LogP contribution in [-0.2, 0) is 32.0 Å². The van der Waals surface area contributed by atoms with Gasteiger partial charge in [-0.05, 0) is 50.3 Å². The molecule has 0 aromatic heterocycles. The number of nitrogens with one attached hydrogen (secondary N) is 3. The van der Waals surface area contributed by atoms with Gasteiger partial charge in [0.1, 0.15) is 18.1 Å². The van der Waals surface area contributed by atoms with Crippen LogP contribution in [0, 0.1) is 0 Å². The van der Waals surface area contributed by atoms with Crippen LogP contribution in [0.3, 0.4) is 0 Å². The molecule has 0 aliphatic rings. The molecule has 37 heavy (non-hydrogen) atoms. The standard InChI is InChI=1S/C27H37N5O5/c1-18(30-25(34)21(29)16-19-10-4-2-5-11-19)24(33)32-23(17-20-12-6-3-7-13-20)26(35)31-22(27(36)37)14-8-9-15-28/h2-7,10-13,18,21-23H,8-9,14-17,28-29H2,1H3,(H,30,34)(H,31,35)(H,32,33)(H,36,37). The Morgan fingerprint density at radius 3 is 1.84 bits per heavy atom. The summed E-state index contributed by atoms with van der Waals surface area (Å²) in [5.74, 6) is -2.88. The van der Waals surface area contributed by atoms with Crippen molar-refractivity contribution in [3.8, 4) is 0 Å². The number of amides is 3. The van der Waals surface area contributed by atoms with E-state index in [4.69, 9.17) is 11.5 Å². The summed E-state index contributed by atoms with van der Waals surface area (Å²) < 4.78 is 0. The highest BCUT2D eigenvalue weighted by molar-refractivity contribution is 5.94. The smallest absolute Gasteiger partial charge is 0.326 e. The number of aliphatic carboxylic acids is 1. The second-order valence-electron chi connectivity index (χ2n) is 8.96. The lowest BCUT2D eigenvalue weighted by molar-refractivity contribution is -0.142. The number of carboxylic acid groups (broad SMARTS) is 1. The van der Waals surface area contributed by atoms with Crippen LogP contribution in [0.25, 0.3) is 0 Å². The summed E-state index contributed by atoms with van der Waals surface area (Å²) in [6.45, 7) is 1.92. The first-order valence-corrected chi connectivity index (χ1v) is 12.4. The predicted octanol–water partition coefficient (Wildman–Crippen LogP) is 0.487. The van der Waals surface area contributed by atoms with E-state index in [1.54, 1.807) is 24.3 Å². The van der Waals surface area contributed by atoms with Gasteiger partial charge in [0, 0.05) is 6.42 Å². The third kappa shape index (κ3) is 10.4. The lowest BCUT2D eigenvalue weighted by Gasteiger charge is -2.24. The van der Waals surface area contributed by atoms with E-state index in [1.165, 1.54) is 6.92 Å². The van der Waals surface area contributed by atoms with Crippen LogP contribution < -0.4 is 27.4 Å². The molecule has 10 heteroatoms. The van der Waals surface area contributed by atoms with Gasteiger partial charge in [-0.3, -0.25) is 14.4 Å². The van der Waals surface area contributed by atoms with E-state index in [1.807, 2.05) is 36.4 Å². The molecule has 0 aliphatic heterocycles. The molecule has 0 bridgehead atoms. The molecule has 0 aliphatic carbocycles. The molecule has 10 nitrogen and oxygen atoms in total. The van der Waals surface area contributed by atoms with Crippen molar-refractivity contribution in [1.82, 2.24) is 16.0 Å². The maximum Gasteiger partial charge on any atom is 0.326 e. The van der Waals surface area contributed by atoms with Gasteiger partial charge in [0.2, 0.25) is 17.7 Å². The molecule has 0 fully saturated rings. The Hall–Kier alpha value is -3.76. The average Bonchev–Trinajstić information content (AvgIpc) is 2.88. The van der Waals surface area contributed by atoms with Crippen LogP contribution in [0.4, 0.5) is 0 Å². The quantitative estimate of drug-likeness (QED) is 0.188. The molecule has 0 heterocycles. The van der Waals surface area contributed by atoms with Gasteiger partial charge in [-0.25, -0.2) is 4.79 Å². The van der Waals surface area contributed by atoms with E-state index in [9.17, 15) is 24.3 Å². The van der Waals surface area contributed by atoms with Crippen molar-refractivity contribution in [2.24, 2.45) is 11.5 Å². The van der Waals surface area contributed by atoms with Gasteiger partial charge in [0.05, 0.1) is 6.04 Å². The second-order valence-corrected chi connectivity index (χ2v) is 8.96. The number of unbranched alkanes of at least 4 members (excludes halogenated alkanes) is 1. The fourth-order valence-electron chi connectivity index (χ4n) is 3.72. The average molecular weight is 512 g/mol. The highest BCUT2D eigenvalue weighted by atomic mass is 16.4. The molecule has 2 rings (SSSR count). The van der Waals surface area contributed by atoms with Crippen molar-refractivity contribution in [3.63, 3.8) is 0 Å². The van der Waals surface area contributed by atoms with Crippen molar-refractivity contribution in [3.05, 3.63) is 71.8 Å². The number of carboxylic acids is 1. The Morgan fingerprint density at radius 2 is 1.30 bits per heavy atom. The van der Waals surface area contributed by atoms with Crippen LogP contribution in [0.2, 0.25) is 0 Å². The summed E-state index contributed by atoms with van der Waals surface area (Å²) >= 11 is 0. The van der Waals surface area contributed by atoms with Gasteiger partial charge in [0.15, 0.2) is 0 Å². The fraction of sp³-hybridized carbons (Fsp3) is 0.407. The van der Waals surface area contributed by atoms with Crippen molar-refractivity contribution in [2.75, 3.05) is 6.54 Å². The summed E-state index contributed by atoms with van der Waals surface area (Å²) in [5, 5.41) is 17.3. The number of hydrogen-bond donors (Lipinski definition) is 6. The molecule has 0 saturated carbocycles. The monoisotopic (exact) mass is 511 g/mol. The van der Waals surface area contributed by atoms with E-state index in [0.717, 1.165) is 11.1 Å². The van der Waals surface area contributed by atoms with Crippen molar-refractivity contribution in [2.45, 2.75) is 63.2 Å². The predicted molar refractivity (Wildman–Crippen MR) is 140 cm³/mol. The highest BCUT2D eigenvalue weighted by Gasteiger charge is 2.29. The summed E-state index contributed by atoms with van der Waals surface area (Å²) in [6, 6.07) is 14.3. The van der Waals surface area contributed by atoms with Crippen LogP contribution >= 0.6 is 0 Å². The molecule has 0 saturated heterocycles. The van der Waals surface area contributed by atoms with E-state index in [-0.39, 0.29) is 12.8 Å². The van der Waals surface area contributed by atoms with Gasteiger partial charge in [0.25, 0.3) is 0 Å². The second kappa shape index (κ2) is 15.4. The number of nitrogens with two attached hydrogens (primary N) is 2. The number of hydrogen-bond acceptors (Lipinski definition) is 6. The van der Waals surface area contributed by atoms with Gasteiger partial charge in [-0.1, -0.05) is 60.7 Å². The molecule has 200 valence electrons. The molecule has 2 aromatic carbocycles. The summed E-state index contributed by atoms with van der Waals surface area (Å²) in [4.78, 5) is 50.2. The topological polar surface area (TPSA) is 177 Å². The van der Waals surface area contributed by atoms with Crippen LogP contribution in [0.5, 0.6) is 0 Å². The van der Waals surface area contributed by atoms with Gasteiger partial charge >= 0.3 is 5.97 Å². The van der Waals surface area contributed by atoms with Gasteiger partial charge in [-0.2, -0.15) is 0 Å². The van der Waals surface area contributed by atoms with Crippen LogP contribution in [0.15, 0.2) is 60.7 Å². The lowest BCUT2D eigenvalue weighted by Crippen LogP contribution is -2.57. The zero-order valence-corrected chi connectivity index (χ0v) is 21.1. The molecular formula is C27H37N5O5. The Morgan fingerprint density at radius 1 is 0.757 bits per heavy atom. The molecule has 0 radical (unpaired) electrons. The van der Waals surface area contributed by atoms with Crippen LogP contribution in [0.1, 0.15) is 37.3 Å². The summed E-state index contributed by atoms with van der Waals surface area (Å²) in [6.07, 6.45) is 1.84. The summed E-state index contributed by atoms with van der Waals surface area (Å²) in [7, 11) is 0. The maximum atomic E-state index is 13.1. The Balaban J connectivity index is 2.04. The third-order valence-corrected chi connectivity index (χ3v) is 5.86. The van der Waals surface area contributed by atoms with E-state index < -0.39 is 47.9 Å². The van der Waals surface area contributed by atoms with Crippen molar-refractivity contribution < 1.29 is 24.3 Å². The number of rotatable bonds is 15. The fourth-order valence-corrected chi connectivity index (χ4v) is 3.72. The van der Waals surface area contributed by atoms with Crippen molar-refractivity contribution in [1.29, 1.82) is 0 Å². The molecule has 4 atom stereocenters. The molecule has 3 amide bonds. The molecule has 4 unspecified atom stereocenters. The Labute approximate surface area is 217 Å². The zero-order chi connectivity index (χ0) is 27.2. The third-order valence-electron chi connectivity index (χ3n) is 5.86. The van der Waals surface area contributed by atoms with E-state index in [2.05, 4.69) is 16.0 Å². The molecule has 2 aromatic rings. The first-order valence-electron chi connectivity index (χ1n) is 12.4. The van der Waals surface area contributed by atoms with Gasteiger partial charge in [-0.15, -0.1) is 0 Å². The van der Waals surface area contributed by atoms with Gasteiger partial charge < -0.3 is 32.5 Å². The SMILES string of the molecule is CC(NC(=O)C(N)Cc1ccccc1)C(=O)NC(Cc1ccccc1)C(=O)NC(CCCCN)C(=O)O. The van der Waals surface area contributed by atoms with Crippen LogP contribution in [-0.4, -0.2) is 59.5 Å². The van der Waals surface area contributed by atoms with E-state index >= 15 is 0 Å². The number of carbonyl (C=O) groups is 4. The molecule has 8 N–H and O–H groups in total. The molecule has 0 spiro atoms. The Bertz CT molecular complexity index is 1020. The summed E-state index contributed by atoms with van der Waals surface area (Å²) in [5.41, 5.74) is 13.2. The Kier molecular flexibility index (Phi) is 12.2. The normalized spacial score (nSPS) is 14.0. The highest BCUT2D eigenvalue weighted by Crippen LogP contribution is 2.07. The largest absolute Gasteiger partial charge is 0.480 e. The minimum Gasteiger partial charge on any atom is -0.480 e.